The molecule has 2 atom stereocenters. The van der Waals surface area contributed by atoms with Gasteiger partial charge < -0.3 is 15.6 Å². The molecular weight excluding hydrogens is 226 g/mol. The summed E-state index contributed by atoms with van der Waals surface area (Å²) >= 11 is 0. The van der Waals surface area contributed by atoms with Gasteiger partial charge in [0.25, 0.3) is 0 Å². The lowest BCUT2D eigenvalue weighted by Gasteiger charge is -2.24. The van der Waals surface area contributed by atoms with Gasteiger partial charge in [-0.25, -0.2) is 0 Å². The van der Waals surface area contributed by atoms with Crippen molar-refractivity contribution in [1.29, 1.82) is 0 Å². The van der Waals surface area contributed by atoms with Crippen molar-refractivity contribution in [3.05, 3.63) is 29.3 Å². The van der Waals surface area contributed by atoms with Gasteiger partial charge in [0.05, 0.1) is 13.2 Å². The van der Waals surface area contributed by atoms with Gasteiger partial charge in [-0.05, 0) is 36.5 Å². The zero-order valence-electron chi connectivity index (χ0n) is 11.8. The molecule has 0 aromatic heterocycles. The maximum atomic E-state index is 10.2. The van der Waals surface area contributed by atoms with Crippen molar-refractivity contribution in [2.75, 3.05) is 13.7 Å². The minimum absolute atomic E-state index is 0.0260. The molecule has 0 amide bonds. The molecule has 3 nitrogen and oxygen atoms in total. The molecule has 102 valence electrons. The van der Waals surface area contributed by atoms with E-state index in [1.807, 2.05) is 25.1 Å². The van der Waals surface area contributed by atoms with Gasteiger partial charge in [0, 0.05) is 12.5 Å². The molecule has 1 aromatic carbocycles. The topological polar surface area (TPSA) is 55.5 Å². The van der Waals surface area contributed by atoms with Crippen molar-refractivity contribution in [1.82, 2.24) is 0 Å². The maximum absolute atomic E-state index is 10.2. The standard InChI is InChI=1S/C15H25NO2/c1-10(2)7-14(17)13(9-16)12-6-5-11(3)15(8-12)18-4/h5-6,8,10,13-14,17H,7,9,16H2,1-4H3. The van der Waals surface area contributed by atoms with Gasteiger partial charge in [0.2, 0.25) is 0 Å². The van der Waals surface area contributed by atoms with E-state index in [4.69, 9.17) is 10.5 Å². The van der Waals surface area contributed by atoms with E-state index >= 15 is 0 Å². The Morgan fingerprint density at radius 2 is 2.00 bits per heavy atom. The number of hydrogen-bond donors (Lipinski definition) is 2. The predicted octanol–water partition coefficient (Wildman–Crippen LogP) is 2.45. The molecule has 18 heavy (non-hydrogen) atoms. The van der Waals surface area contributed by atoms with Gasteiger partial charge in [-0.2, -0.15) is 0 Å². The summed E-state index contributed by atoms with van der Waals surface area (Å²) in [5.41, 5.74) is 7.95. The molecule has 0 spiro atoms. The van der Waals surface area contributed by atoms with E-state index < -0.39 is 6.10 Å². The molecule has 0 bridgehead atoms. The van der Waals surface area contributed by atoms with Crippen molar-refractivity contribution in [3.63, 3.8) is 0 Å². The lowest BCUT2D eigenvalue weighted by Crippen LogP contribution is -2.27. The number of rotatable bonds is 6. The summed E-state index contributed by atoms with van der Waals surface area (Å²) in [6, 6.07) is 6.02. The van der Waals surface area contributed by atoms with Crippen molar-refractivity contribution < 1.29 is 9.84 Å². The van der Waals surface area contributed by atoms with Crippen LogP contribution >= 0.6 is 0 Å². The van der Waals surface area contributed by atoms with Crippen LogP contribution in [0.1, 0.15) is 37.3 Å². The van der Waals surface area contributed by atoms with Crippen LogP contribution in [0.25, 0.3) is 0 Å². The molecule has 1 rings (SSSR count). The smallest absolute Gasteiger partial charge is 0.122 e. The van der Waals surface area contributed by atoms with Gasteiger partial charge in [-0.3, -0.25) is 0 Å². The Bertz CT molecular complexity index is 377. The highest BCUT2D eigenvalue weighted by molar-refractivity contribution is 5.38. The lowest BCUT2D eigenvalue weighted by molar-refractivity contribution is 0.121. The number of nitrogens with two attached hydrogens (primary N) is 1. The fraction of sp³-hybridized carbons (Fsp3) is 0.600. The van der Waals surface area contributed by atoms with Gasteiger partial charge in [-0.1, -0.05) is 26.0 Å². The molecule has 0 radical (unpaired) electrons. The first-order valence-electron chi connectivity index (χ1n) is 6.52. The molecule has 0 aliphatic rings. The number of benzene rings is 1. The van der Waals surface area contributed by atoms with Crippen LogP contribution in [0.3, 0.4) is 0 Å². The van der Waals surface area contributed by atoms with E-state index in [1.165, 1.54) is 0 Å². The van der Waals surface area contributed by atoms with Crippen molar-refractivity contribution in [2.45, 2.75) is 39.2 Å². The molecule has 1 aromatic rings. The Morgan fingerprint density at radius 3 is 2.50 bits per heavy atom. The Kier molecular flexibility index (Phi) is 5.63. The van der Waals surface area contributed by atoms with Crippen LogP contribution in [0.15, 0.2) is 18.2 Å². The van der Waals surface area contributed by atoms with Crippen LogP contribution in [0.4, 0.5) is 0 Å². The summed E-state index contributed by atoms with van der Waals surface area (Å²) < 4.78 is 5.32. The summed E-state index contributed by atoms with van der Waals surface area (Å²) in [4.78, 5) is 0. The second-order valence-corrected chi connectivity index (χ2v) is 5.27. The first-order valence-corrected chi connectivity index (χ1v) is 6.52. The normalized spacial score (nSPS) is 14.6. The average Bonchev–Trinajstić information content (AvgIpc) is 2.31. The number of hydrogen-bond acceptors (Lipinski definition) is 3. The Labute approximate surface area is 110 Å². The molecule has 2 unspecified atom stereocenters. The fourth-order valence-electron chi connectivity index (χ4n) is 2.23. The van der Waals surface area contributed by atoms with Gasteiger partial charge in [0.1, 0.15) is 5.75 Å². The van der Waals surface area contributed by atoms with E-state index in [1.54, 1.807) is 7.11 Å². The highest BCUT2D eigenvalue weighted by Crippen LogP contribution is 2.28. The quantitative estimate of drug-likeness (QED) is 0.816. The van der Waals surface area contributed by atoms with Crippen LogP contribution < -0.4 is 10.5 Å². The van der Waals surface area contributed by atoms with Crippen LogP contribution in [0, 0.1) is 12.8 Å². The van der Waals surface area contributed by atoms with Crippen LogP contribution in [0.5, 0.6) is 5.75 Å². The summed E-state index contributed by atoms with van der Waals surface area (Å²) in [5, 5.41) is 10.2. The van der Waals surface area contributed by atoms with E-state index in [2.05, 4.69) is 13.8 Å². The summed E-state index contributed by atoms with van der Waals surface area (Å²) in [6.07, 6.45) is 0.361. The maximum Gasteiger partial charge on any atom is 0.122 e. The largest absolute Gasteiger partial charge is 0.496 e. The van der Waals surface area contributed by atoms with Gasteiger partial charge >= 0.3 is 0 Å². The minimum atomic E-state index is -0.401. The van der Waals surface area contributed by atoms with E-state index in [0.717, 1.165) is 23.3 Å². The Morgan fingerprint density at radius 1 is 1.33 bits per heavy atom. The van der Waals surface area contributed by atoms with E-state index in [0.29, 0.717) is 12.5 Å². The third-order valence-corrected chi connectivity index (χ3v) is 3.29. The number of ether oxygens (including phenoxy) is 1. The first kappa shape index (κ1) is 15.0. The second kappa shape index (κ2) is 6.76. The fourth-order valence-corrected chi connectivity index (χ4v) is 2.23. The zero-order valence-corrected chi connectivity index (χ0v) is 11.8. The summed E-state index contributed by atoms with van der Waals surface area (Å²) in [5.74, 6) is 1.28. The molecule has 0 saturated heterocycles. The average molecular weight is 251 g/mol. The Hall–Kier alpha value is -1.06. The third kappa shape index (κ3) is 3.72. The zero-order chi connectivity index (χ0) is 13.7. The van der Waals surface area contributed by atoms with Crippen molar-refractivity contribution >= 4 is 0 Å². The van der Waals surface area contributed by atoms with Crippen LogP contribution in [-0.4, -0.2) is 24.9 Å². The molecule has 0 aliphatic heterocycles. The molecule has 0 aliphatic carbocycles. The third-order valence-electron chi connectivity index (χ3n) is 3.29. The monoisotopic (exact) mass is 251 g/mol. The second-order valence-electron chi connectivity index (χ2n) is 5.27. The number of aryl methyl sites for hydroxylation is 1. The highest BCUT2D eigenvalue weighted by Gasteiger charge is 2.21. The summed E-state index contributed by atoms with van der Waals surface area (Å²) in [6.45, 7) is 6.66. The van der Waals surface area contributed by atoms with E-state index in [-0.39, 0.29) is 5.92 Å². The summed E-state index contributed by atoms with van der Waals surface area (Å²) in [7, 11) is 1.66. The number of methoxy groups -OCH3 is 1. The van der Waals surface area contributed by atoms with Gasteiger partial charge in [-0.15, -0.1) is 0 Å². The van der Waals surface area contributed by atoms with Crippen molar-refractivity contribution in [3.8, 4) is 5.75 Å². The molecule has 0 heterocycles. The lowest BCUT2D eigenvalue weighted by atomic mass is 9.88. The molecule has 0 fully saturated rings. The molecule has 0 saturated carbocycles. The van der Waals surface area contributed by atoms with Crippen LogP contribution in [-0.2, 0) is 0 Å². The van der Waals surface area contributed by atoms with Crippen LogP contribution in [0.2, 0.25) is 0 Å². The highest BCUT2D eigenvalue weighted by atomic mass is 16.5. The SMILES string of the molecule is COc1cc(C(CN)C(O)CC(C)C)ccc1C. The van der Waals surface area contributed by atoms with E-state index in [9.17, 15) is 5.11 Å². The number of aliphatic hydroxyl groups excluding tert-OH is 1. The Balaban J connectivity index is 2.94. The molecule has 3 heteroatoms. The first-order chi connectivity index (χ1) is 8.49. The van der Waals surface area contributed by atoms with Crippen molar-refractivity contribution in [2.24, 2.45) is 11.7 Å². The number of aliphatic hydroxyl groups is 1. The molecule has 3 N–H and O–H groups in total. The minimum Gasteiger partial charge on any atom is -0.496 e. The van der Waals surface area contributed by atoms with Gasteiger partial charge in [0.15, 0.2) is 0 Å². The molecular formula is C15H25NO2. The predicted molar refractivity (Wildman–Crippen MR) is 75.0 cm³/mol.